The van der Waals surface area contributed by atoms with Crippen molar-refractivity contribution >= 4 is 5.84 Å². The Morgan fingerprint density at radius 2 is 2.67 bits per heavy atom. The Morgan fingerprint density at radius 3 is 3.08 bits per heavy atom. The lowest BCUT2D eigenvalue weighted by molar-refractivity contribution is -0.225. The van der Waals surface area contributed by atoms with Crippen molar-refractivity contribution in [3.8, 4) is 6.07 Å². The van der Waals surface area contributed by atoms with Crippen LogP contribution >= 0.6 is 0 Å². The minimum Gasteiger partial charge on any atom is -0.388 e. The zero-order chi connectivity index (χ0) is 9.03. The standard InChI is InChI=1S/C6H9N3O3/c7-1-2-11-6(4-10)9-5(8)3-12-6/h10H,2-4H2,(H2,8,9). The van der Waals surface area contributed by atoms with Crippen LogP contribution in [0.4, 0.5) is 0 Å². The largest absolute Gasteiger partial charge is 0.388 e. The summed E-state index contributed by atoms with van der Waals surface area (Å²) in [6.07, 6.45) is 0. The van der Waals surface area contributed by atoms with E-state index in [0.717, 1.165) is 0 Å². The van der Waals surface area contributed by atoms with E-state index >= 15 is 0 Å². The quantitative estimate of drug-likeness (QED) is 0.541. The Morgan fingerprint density at radius 1 is 1.92 bits per heavy atom. The molecule has 0 aromatic carbocycles. The van der Waals surface area contributed by atoms with Gasteiger partial charge in [-0.2, -0.15) is 5.26 Å². The number of nitrogens with two attached hydrogens (primary N) is 1. The number of hydrogen-bond donors (Lipinski definition) is 2. The summed E-state index contributed by atoms with van der Waals surface area (Å²) in [7, 11) is 0. The number of ether oxygens (including phenoxy) is 2. The van der Waals surface area contributed by atoms with Crippen LogP contribution in [0.25, 0.3) is 0 Å². The number of nitriles is 1. The highest BCUT2D eigenvalue weighted by molar-refractivity contribution is 5.83. The van der Waals surface area contributed by atoms with Gasteiger partial charge < -0.3 is 20.3 Å². The molecule has 12 heavy (non-hydrogen) atoms. The van der Waals surface area contributed by atoms with Crippen LogP contribution in [0.5, 0.6) is 0 Å². The number of aliphatic imine (C=N–C) groups is 1. The molecule has 0 amide bonds. The number of hydrogen-bond acceptors (Lipinski definition) is 6. The molecule has 1 aliphatic rings. The van der Waals surface area contributed by atoms with E-state index in [1.807, 2.05) is 0 Å². The van der Waals surface area contributed by atoms with E-state index in [1.54, 1.807) is 6.07 Å². The van der Waals surface area contributed by atoms with E-state index in [1.165, 1.54) is 0 Å². The van der Waals surface area contributed by atoms with Crippen LogP contribution in [0.1, 0.15) is 0 Å². The topological polar surface area (TPSA) is 101 Å². The summed E-state index contributed by atoms with van der Waals surface area (Å²) in [6, 6.07) is 1.75. The molecule has 1 aliphatic heterocycles. The SMILES string of the molecule is N#CCOC1(CO)N=C(N)CO1. The Hall–Kier alpha value is -1.16. The lowest BCUT2D eigenvalue weighted by Gasteiger charge is -2.20. The maximum absolute atomic E-state index is 8.84. The Kier molecular flexibility index (Phi) is 2.60. The van der Waals surface area contributed by atoms with Crippen molar-refractivity contribution in [3.05, 3.63) is 0 Å². The predicted octanol–water partition coefficient (Wildman–Crippen LogP) is -1.44. The molecule has 1 heterocycles. The van der Waals surface area contributed by atoms with Crippen molar-refractivity contribution < 1.29 is 14.6 Å². The summed E-state index contributed by atoms with van der Waals surface area (Å²) in [5.41, 5.74) is 5.31. The summed E-state index contributed by atoms with van der Waals surface area (Å²) in [5, 5.41) is 17.0. The predicted molar refractivity (Wildman–Crippen MR) is 39.0 cm³/mol. The molecule has 6 heteroatoms. The Balaban J connectivity index is 2.60. The number of rotatable bonds is 3. The molecule has 0 aliphatic carbocycles. The Bertz CT molecular complexity index is 235. The fraction of sp³-hybridized carbons (Fsp3) is 0.667. The molecule has 0 spiro atoms. The highest BCUT2D eigenvalue weighted by Gasteiger charge is 2.36. The van der Waals surface area contributed by atoms with E-state index in [-0.39, 0.29) is 19.0 Å². The number of nitrogens with zero attached hydrogens (tertiary/aromatic N) is 2. The zero-order valence-corrected chi connectivity index (χ0v) is 6.36. The first kappa shape index (κ1) is 8.93. The van der Waals surface area contributed by atoms with Gasteiger partial charge in [0.2, 0.25) is 0 Å². The maximum atomic E-state index is 8.84. The second-order valence-electron chi connectivity index (χ2n) is 2.21. The molecule has 1 unspecified atom stereocenters. The molecule has 1 rings (SSSR count). The average molecular weight is 171 g/mol. The van der Waals surface area contributed by atoms with Gasteiger partial charge >= 0.3 is 0 Å². The van der Waals surface area contributed by atoms with E-state index in [4.69, 9.17) is 25.6 Å². The first-order chi connectivity index (χ1) is 5.72. The van der Waals surface area contributed by atoms with Gasteiger partial charge in [0, 0.05) is 0 Å². The first-order valence-corrected chi connectivity index (χ1v) is 3.32. The second kappa shape index (κ2) is 3.49. The van der Waals surface area contributed by atoms with Gasteiger partial charge in [0.15, 0.2) is 0 Å². The fourth-order valence-corrected chi connectivity index (χ4v) is 0.816. The van der Waals surface area contributed by atoms with E-state index < -0.39 is 12.5 Å². The van der Waals surface area contributed by atoms with E-state index in [0.29, 0.717) is 0 Å². The lowest BCUT2D eigenvalue weighted by Crippen LogP contribution is -2.35. The van der Waals surface area contributed by atoms with Crippen LogP contribution in [0.15, 0.2) is 4.99 Å². The monoisotopic (exact) mass is 171 g/mol. The summed E-state index contributed by atoms with van der Waals surface area (Å²) >= 11 is 0. The van der Waals surface area contributed by atoms with Crippen molar-refractivity contribution in [1.29, 1.82) is 5.26 Å². The third kappa shape index (κ3) is 1.71. The number of aliphatic hydroxyl groups is 1. The molecular weight excluding hydrogens is 162 g/mol. The molecule has 0 saturated heterocycles. The number of amidine groups is 1. The van der Waals surface area contributed by atoms with Gasteiger partial charge in [-0.25, -0.2) is 4.99 Å². The smallest absolute Gasteiger partial charge is 0.296 e. The third-order valence-corrected chi connectivity index (χ3v) is 1.32. The summed E-state index contributed by atoms with van der Waals surface area (Å²) < 4.78 is 9.81. The molecule has 0 bridgehead atoms. The van der Waals surface area contributed by atoms with Gasteiger partial charge in [-0.1, -0.05) is 0 Å². The molecule has 0 fully saturated rings. The second-order valence-corrected chi connectivity index (χ2v) is 2.21. The molecule has 0 radical (unpaired) electrons. The van der Waals surface area contributed by atoms with Gasteiger partial charge in [0.05, 0.1) is 6.07 Å². The molecule has 0 aromatic rings. The molecule has 6 nitrogen and oxygen atoms in total. The molecule has 0 aromatic heterocycles. The van der Waals surface area contributed by atoms with Crippen molar-refractivity contribution in [3.63, 3.8) is 0 Å². The van der Waals surface area contributed by atoms with Crippen molar-refractivity contribution in [1.82, 2.24) is 0 Å². The van der Waals surface area contributed by atoms with Crippen LogP contribution < -0.4 is 5.73 Å². The zero-order valence-electron chi connectivity index (χ0n) is 6.36. The minimum absolute atomic E-state index is 0.117. The van der Waals surface area contributed by atoms with Crippen LogP contribution in [-0.4, -0.2) is 36.7 Å². The molecular formula is C6H9N3O3. The molecule has 66 valence electrons. The Labute approximate surface area is 69.2 Å². The van der Waals surface area contributed by atoms with Crippen LogP contribution in [0, 0.1) is 11.3 Å². The van der Waals surface area contributed by atoms with E-state index in [2.05, 4.69) is 4.99 Å². The first-order valence-electron chi connectivity index (χ1n) is 3.32. The normalized spacial score (nSPS) is 28.2. The van der Waals surface area contributed by atoms with Crippen LogP contribution in [0.2, 0.25) is 0 Å². The van der Waals surface area contributed by atoms with Gasteiger partial charge in [-0.05, 0) is 0 Å². The van der Waals surface area contributed by atoms with Crippen LogP contribution in [-0.2, 0) is 9.47 Å². The van der Waals surface area contributed by atoms with Crippen molar-refractivity contribution in [2.24, 2.45) is 10.7 Å². The number of aliphatic hydroxyl groups excluding tert-OH is 1. The molecule has 3 N–H and O–H groups in total. The third-order valence-electron chi connectivity index (χ3n) is 1.32. The van der Waals surface area contributed by atoms with Crippen molar-refractivity contribution in [2.45, 2.75) is 5.91 Å². The molecule has 0 saturated carbocycles. The van der Waals surface area contributed by atoms with Crippen molar-refractivity contribution in [2.75, 3.05) is 19.8 Å². The highest BCUT2D eigenvalue weighted by Crippen LogP contribution is 2.18. The average Bonchev–Trinajstić information content (AvgIpc) is 2.45. The summed E-state index contributed by atoms with van der Waals surface area (Å²) in [6.45, 7) is -0.529. The summed E-state index contributed by atoms with van der Waals surface area (Å²) in [4.78, 5) is 3.72. The van der Waals surface area contributed by atoms with Gasteiger partial charge in [-0.3, -0.25) is 0 Å². The van der Waals surface area contributed by atoms with Crippen LogP contribution in [0.3, 0.4) is 0 Å². The lowest BCUT2D eigenvalue weighted by atomic mass is 10.5. The van der Waals surface area contributed by atoms with Gasteiger partial charge in [0.25, 0.3) is 5.91 Å². The van der Waals surface area contributed by atoms with E-state index in [9.17, 15) is 0 Å². The fourth-order valence-electron chi connectivity index (χ4n) is 0.816. The molecule has 1 atom stereocenters. The van der Waals surface area contributed by atoms with Gasteiger partial charge in [-0.15, -0.1) is 0 Å². The highest BCUT2D eigenvalue weighted by atomic mass is 16.7. The maximum Gasteiger partial charge on any atom is 0.296 e. The minimum atomic E-state index is -1.44. The summed E-state index contributed by atoms with van der Waals surface area (Å²) in [5.74, 6) is -1.19. The van der Waals surface area contributed by atoms with Gasteiger partial charge in [0.1, 0.15) is 25.7 Å².